The van der Waals surface area contributed by atoms with Gasteiger partial charge in [-0.2, -0.15) is 4.98 Å². The lowest BCUT2D eigenvalue weighted by atomic mass is 10.2. The first-order chi connectivity index (χ1) is 15.7. The third-order valence-corrected chi connectivity index (χ3v) is 4.08. The summed E-state index contributed by atoms with van der Waals surface area (Å²) < 4.78 is 10.4. The first-order valence-electron chi connectivity index (χ1n) is 10.5. The van der Waals surface area contributed by atoms with Crippen molar-refractivity contribution >= 4 is 40.9 Å². The van der Waals surface area contributed by atoms with Gasteiger partial charge in [-0.1, -0.05) is 24.3 Å². The van der Waals surface area contributed by atoms with Crippen LogP contribution < -0.4 is 16.0 Å². The van der Waals surface area contributed by atoms with Crippen LogP contribution in [0.4, 0.5) is 33.6 Å². The van der Waals surface area contributed by atoms with E-state index in [-0.39, 0.29) is 18.0 Å². The summed E-state index contributed by atoms with van der Waals surface area (Å²) in [5, 5.41) is 8.90. The van der Waals surface area contributed by atoms with Crippen LogP contribution in [-0.4, -0.2) is 34.2 Å². The maximum atomic E-state index is 12.4. The summed E-state index contributed by atoms with van der Waals surface area (Å²) in [7, 11) is 0. The minimum atomic E-state index is -0.613. The van der Waals surface area contributed by atoms with Crippen molar-refractivity contribution in [2.45, 2.75) is 33.3 Å². The van der Waals surface area contributed by atoms with Crippen molar-refractivity contribution in [1.82, 2.24) is 9.97 Å². The van der Waals surface area contributed by atoms with Crippen molar-refractivity contribution < 1.29 is 19.1 Å². The molecule has 9 nitrogen and oxygen atoms in total. The van der Waals surface area contributed by atoms with E-state index in [0.717, 1.165) is 5.69 Å². The Morgan fingerprint density at radius 1 is 0.939 bits per heavy atom. The Balaban J connectivity index is 1.85. The number of carbonyl (C=O) groups is 2. The molecule has 3 aromatic rings. The fourth-order valence-corrected chi connectivity index (χ4v) is 2.78. The van der Waals surface area contributed by atoms with Crippen LogP contribution in [0.15, 0.2) is 60.8 Å². The summed E-state index contributed by atoms with van der Waals surface area (Å²) in [4.78, 5) is 33.2. The smallest absolute Gasteiger partial charge is 0.412 e. The van der Waals surface area contributed by atoms with Gasteiger partial charge in [-0.25, -0.2) is 14.6 Å². The molecule has 0 aliphatic heterocycles. The Labute approximate surface area is 192 Å². The second kappa shape index (κ2) is 10.4. The van der Waals surface area contributed by atoms with Crippen LogP contribution >= 0.6 is 0 Å². The number of hydrogen-bond donors (Lipinski definition) is 3. The second-order valence-electron chi connectivity index (χ2n) is 8.00. The van der Waals surface area contributed by atoms with Gasteiger partial charge in [0.05, 0.1) is 6.61 Å². The zero-order valence-electron chi connectivity index (χ0n) is 19.0. The molecular formula is C24H27N5O4. The summed E-state index contributed by atoms with van der Waals surface area (Å²) in [6, 6.07) is 16.4. The van der Waals surface area contributed by atoms with E-state index in [2.05, 4.69) is 25.9 Å². The maximum Gasteiger partial charge on any atom is 0.412 e. The summed E-state index contributed by atoms with van der Waals surface area (Å²) in [5.74, 6) is 0.0189. The van der Waals surface area contributed by atoms with Gasteiger partial charge in [0, 0.05) is 23.3 Å². The number of ether oxygens (including phenoxy) is 2. The molecular weight excluding hydrogens is 422 g/mol. The zero-order valence-corrected chi connectivity index (χ0v) is 19.0. The Morgan fingerprint density at radius 2 is 1.64 bits per heavy atom. The van der Waals surface area contributed by atoms with Crippen molar-refractivity contribution in [2.75, 3.05) is 22.6 Å². The van der Waals surface area contributed by atoms with E-state index >= 15 is 0 Å². The van der Waals surface area contributed by atoms with Crippen molar-refractivity contribution in [3.63, 3.8) is 0 Å². The molecule has 1 heterocycles. The average Bonchev–Trinajstić information content (AvgIpc) is 2.73. The molecule has 0 aliphatic rings. The minimum Gasteiger partial charge on any atom is -0.462 e. The van der Waals surface area contributed by atoms with Gasteiger partial charge in [0.1, 0.15) is 11.2 Å². The van der Waals surface area contributed by atoms with Gasteiger partial charge in [0.15, 0.2) is 5.82 Å². The largest absolute Gasteiger partial charge is 0.462 e. The van der Waals surface area contributed by atoms with E-state index in [1.54, 1.807) is 52.0 Å². The Kier molecular flexibility index (Phi) is 7.45. The normalized spacial score (nSPS) is 10.8. The van der Waals surface area contributed by atoms with Gasteiger partial charge >= 0.3 is 12.1 Å². The molecule has 2 aromatic carbocycles. The van der Waals surface area contributed by atoms with Gasteiger partial charge in [-0.3, -0.25) is 5.32 Å². The van der Waals surface area contributed by atoms with Gasteiger partial charge in [-0.15, -0.1) is 0 Å². The third kappa shape index (κ3) is 7.20. The number of nitrogens with zero attached hydrogens (tertiary/aromatic N) is 2. The molecule has 0 saturated heterocycles. The van der Waals surface area contributed by atoms with Gasteiger partial charge in [0.25, 0.3) is 0 Å². The number of para-hydroxylation sites is 1. The summed E-state index contributed by atoms with van der Waals surface area (Å²) >= 11 is 0. The van der Waals surface area contributed by atoms with Crippen molar-refractivity contribution in [2.24, 2.45) is 0 Å². The molecule has 0 fully saturated rings. The standard InChI is InChI=1S/C24H27N5O4/c1-5-32-21(30)19-15-25-22(27-16-10-7-6-8-11-16)29-20(19)26-17-12-9-13-18(14-17)28-23(31)33-24(2,3)4/h6-15H,5H2,1-4H3,(H,28,31)(H2,25,26,27,29). The topological polar surface area (TPSA) is 114 Å². The fourth-order valence-electron chi connectivity index (χ4n) is 2.78. The SMILES string of the molecule is CCOC(=O)c1cnc(Nc2ccccc2)nc1Nc1cccc(NC(=O)OC(C)(C)C)c1. The van der Waals surface area contributed by atoms with Gasteiger partial charge in [-0.05, 0) is 58.0 Å². The van der Waals surface area contributed by atoms with Crippen LogP contribution in [0.1, 0.15) is 38.1 Å². The zero-order chi connectivity index (χ0) is 23.8. The second-order valence-corrected chi connectivity index (χ2v) is 8.00. The molecule has 1 aromatic heterocycles. The lowest BCUT2D eigenvalue weighted by Gasteiger charge is -2.20. The predicted octanol–water partition coefficient (Wildman–Crippen LogP) is 5.49. The average molecular weight is 450 g/mol. The number of benzene rings is 2. The molecule has 0 aliphatic carbocycles. The Hall–Kier alpha value is -4.14. The van der Waals surface area contributed by atoms with Gasteiger partial charge in [0.2, 0.25) is 5.95 Å². The highest BCUT2D eigenvalue weighted by Gasteiger charge is 2.18. The fraction of sp³-hybridized carbons (Fsp3) is 0.250. The highest BCUT2D eigenvalue weighted by Crippen LogP contribution is 2.24. The Bertz CT molecular complexity index is 1110. The highest BCUT2D eigenvalue weighted by molar-refractivity contribution is 5.95. The minimum absolute atomic E-state index is 0.181. The van der Waals surface area contributed by atoms with Crippen LogP contribution in [0.3, 0.4) is 0 Å². The molecule has 9 heteroatoms. The molecule has 33 heavy (non-hydrogen) atoms. The lowest BCUT2D eigenvalue weighted by Crippen LogP contribution is -2.27. The van der Waals surface area contributed by atoms with Crippen LogP contribution in [0.25, 0.3) is 0 Å². The number of hydrogen-bond acceptors (Lipinski definition) is 8. The van der Waals surface area contributed by atoms with Crippen molar-refractivity contribution in [3.05, 3.63) is 66.4 Å². The van der Waals surface area contributed by atoms with Crippen LogP contribution in [0.2, 0.25) is 0 Å². The van der Waals surface area contributed by atoms with E-state index < -0.39 is 17.7 Å². The van der Waals surface area contributed by atoms with Crippen LogP contribution in [-0.2, 0) is 9.47 Å². The van der Waals surface area contributed by atoms with Crippen molar-refractivity contribution in [3.8, 4) is 0 Å². The molecule has 172 valence electrons. The molecule has 1 amide bonds. The predicted molar refractivity (Wildman–Crippen MR) is 127 cm³/mol. The van der Waals surface area contributed by atoms with E-state index in [1.165, 1.54) is 6.20 Å². The van der Waals surface area contributed by atoms with Gasteiger partial charge < -0.3 is 20.1 Å². The first-order valence-corrected chi connectivity index (χ1v) is 10.5. The number of carbonyl (C=O) groups excluding carboxylic acids is 2. The third-order valence-electron chi connectivity index (χ3n) is 4.08. The number of amides is 1. The lowest BCUT2D eigenvalue weighted by molar-refractivity contribution is 0.0525. The van der Waals surface area contributed by atoms with E-state index in [1.807, 2.05) is 30.3 Å². The Morgan fingerprint density at radius 3 is 2.33 bits per heavy atom. The molecule has 0 radical (unpaired) electrons. The van der Waals surface area contributed by atoms with E-state index in [0.29, 0.717) is 17.3 Å². The number of nitrogens with one attached hydrogen (secondary N) is 3. The summed E-state index contributed by atoms with van der Waals surface area (Å²) in [5.41, 5.74) is 1.48. The highest BCUT2D eigenvalue weighted by atomic mass is 16.6. The summed E-state index contributed by atoms with van der Waals surface area (Å²) in [6.45, 7) is 7.31. The molecule has 3 N–H and O–H groups in total. The molecule has 0 spiro atoms. The molecule has 0 saturated carbocycles. The van der Waals surface area contributed by atoms with Crippen LogP contribution in [0.5, 0.6) is 0 Å². The maximum absolute atomic E-state index is 12.4. The number of aromatic nitrogens is 2. The number of anilines is 5. The molecule has 3 rings (SSSR count). The molecule has 0 unspecified atom stereocenters. The quantitative estimate of drug-likeness (QED) is 0.406. The molecule has 0 bridgehead atoms. The first kappa shape index (κ1) is 23.5. The van der Waals surface area contributed by atoms with E-state index in [9.17, 15) is 9.59 Å². The van der Waals surface area contributed by atoms with Crippen LogP contribution in [0, 0.1) is 0 Å². The number of rotatable bonds is 7. The van der Waals surface area contributed by atoms with Crippen molar-refractivity contribution in [1.29, 1.82) is 0 Å². The van der Waals surface area contributed by atoms with E-state index in [4.69, 9.17) is 9.47 Å². The summed E-state index contributed by atoms with van der Waals surface area (Å²) in [6.07, 6.45) is 0.838. The number of esters is 1. The monoisotopic (exact) mass is 449 g/mol. The molecule has 0 atom stereocenters.